The van der Waals surface area contributed by atoms with E-state index in [1.807, 2.05) is 17.8 Å². The van der Waals surface area contributed by atoms with Gasteiger partial charge in [0.2, 0.25) is 0 Å². The van der Waals surface area contributed by atoms with Crippen molar-refractivity contribution in [3.63, 3.8) is 0 Å². The summed E-state index contributed by atoms with van der Waals surface area (Å²) in [6, 6.07) is 5.25. The highest BCUT2D eigenvalue weighted by Gasteiger charge is 2.14. The van der Waals surface area contributed by atoms with Crippen molar-refractivity contribution in [2.24, 2.45) is 7.05 Å². The monoisotopic (exact) mass is 280 g/mol. The largest absolute Gasteiger partial charge is 0.496 e. The minimum absolute atomic E-state index is 0.571. The summed E-state index contributed by atoms with van der Waals surface area (Å²) in [7, 11) is 3.52. The summed E-state index contributed by atoms with van der Waals surface area (Å²) in [5.41, 5.74) is 0.712. The van der Waals surface area contributed by atoms with Crippen molar-refractivity contribution in [1.29, 1.82) is 0 Å². The van der Waals surface area contributed by atoms with Gasteiger partial charge in [0, 0.05) is 36.4 Å². The van der Waals surface area contributed by atoms with Gasteiger partial charge in [-0.05, 0) is 24.6 Å². The Bertz CT molecular complexity index is 554. The number of aromatic nitrogens is 2. The maximum Gasteiger partial charge on any atom is 0.124 e. The molecule has 0 aliphatic heterocycles. The van der Waals surface area contributed by atoms with Crippen LogP contribution in [0.1, 0.15) is 23.9 Å². The zero-order valence-corrected chi connectivity index (χ0v) is 11.8. The molecule has 1 aromatic heterocycles. The van der Waals surface area contributed by atoms with Crippen molar-refractivity contribution in [3.8, 4) is 5.75 Å². The molecule has 0 saturated heterocycles. The summed E-state index contributed by atoms with van der Waals surface area (Å²) in [6.07, 6.45) is 4.29. The third kappa shape index (κ3) is 3.28. The van der Waals surface area contributed by atoms with Crippen LogP contribution in [0, 0.1) is 0 Å². The molecule has 102 valence electrons. The molecule has 0 aliphatic carbocycles. The molecule has 19 heavy (non-hydrogen) atoms. The molecule has 0 amide bonds. The zero-order chi connectivity index (χ0) is 13.8. The average Bonchev–Trinajstić information content (AvgIpc) is 2.81. The highest BCUT2D eigenvalue weighted by Crippen LogP contribution is 2.30. The first-order valence-corrected chi connectivity index (χ1v) is 6.47. The molecule has 0 aliphatic rings. The Morgan fingerprint density at radius 1 is 1.47 bits per heavy atom. The van der Waals surface area contributed by atoms with Crippen LogP contribution in [0.5, 0.6) is 5.75 Å². The lowest BCUT2D eigenvalue weighted by molar-refractivity contribution is 0.162. The number of halogens is 1. The molecule has 1 N–H and O–H groups in total. The first-order valence-electron chi connectivity index (χ1n) is 6.09. The average molecular weight is 281 g/mol. The van der Waals surface area contributed by atoms with Gasteiger partial charge in [-0.25, -0.2) is 4.98 Å². The van der Waals surface area contributed by atoms with E-state index >= 15 is 0 Å². The highest BCUT2D eigenvalue weighted by atomic mass is 35.5. The van der Waals surface area contributed by atoms with Crippen LogP contribution in [-0.2, 0) is 13.5 Å². The number of aliphatic hydroxyl groups excluding tert-OH is 1. The summed E-state index contributed by atoms with van der Waals surface area (Å²) in [6.45, 7) is 0. The Hall–Kier alpha value is -1.52. The van der Waals surface area contributed by atoms with Gasteiger partial charge in [0.05, 0.1) is 13.2 Å². The molecule has 5 heteroatoms. The molecule has 1 heterocycles. The molecule has 0 bridgehead atoms. The summed E-state index contributed by atoms with van der Waals surface area (Å²) < 4.78 is 7.19. The molecule has 0 radical (unpaired) electrons. The Morgan fingerprint density at radius 3 is 2.89 bits per heavy atom. The third-order valence-electron chi connectivity index (χ3n) is 3.11. The van der Waals surface area contributed by atoms with Gasteiger partial charge in [0.15, 0.2) is 0 Å². The summed E-state index contributed by atoms with van der Waals surface area (Å²) in [5, 5.41) is 10.9. The SMILES string of the molecule is COc1ccc(Cl)cc1C(O)CCc1nccn1C. The number of benzene rings is 1. The lowest BCUT2D eigenvalue weighted by Gasteiger charge is -2.15. The molecule has 1 unspecified atom stereocenters. The molecule has 0 fully saturated rings. The normalized spacial score (nSPS) is 12.4. The maximum atomic E-state index is 10.3. The Balaban J connectivity index is 2.09. The molecule has 2 rings (SSSR count). The van der Waals surface area contributed by atoms with Crippen molar-refractivity contribution in [3.05, 3.63) is 47.0 Å². The van der Waals surface area contributed by atoms with Crippen LogP contribution in [0.3, 0.4) is 0 Å². The molecular formula is C14H17ClN2O2. The Labute approximate surface area is 117 Å². The van der Waals surface area contributed by atoms with Gasteiger partial charge < -0.3 is 14.4 Å². The molecular weight excluding hydrogens is 264 g/mol. The van der Waals surface area contributed by atoms with Crippen molar-refractivity contribution in [2.45, 2.75) is 18.9 Å². The summed E-state index contributed by atoms with van der Waals surface area (Å²) in [5.74, 6) is 1.59. The van der Waals surface area contributed by atoms with Gasteiger partial charge in [-0.15, -0.1) is 0 Å². The molecule has 1 atom stereocenters. The van der Waals surface area contributed by atoms with Crippen LogP contribution in [0.25, 0.3) is 0 Å². The number of methoxy groups -OCH3 is 1. The molecule has 0 spiro atoms. The second-order valence-corrected chi connectivity index (χ2v) is 4.83. The molecule has 0 saturated carbocycles. The number of hydrogen-bond donors (Lipinski definition) is 1. The van der Waals surface area contributed by atoms with Crippen LogP contribution in [0.2, 0.25) is 5.02 Å². The first-order chi connectivity index (χ1) is 9.11. The van der Waals surface area contributed by atoms with Crippen LogP contribution < -0.4 is 4.74 Å². The van der Waals surface area contributed by atoms with E-state index in [2.05, 4.69) is 4.98 Å². The lowest BCUT2D eigenvalue weighted by atomic mass is 10.0. The van der Waals surface area contributed by atoms with Crippen molar-refractivity contribution >= 4 is 11.6 Å². The van der Waals surface area contributed by atoms with Gasteiger partial charge >= 0.3 is 0 Å². The van der Waals surface area contributed by atoms with Crippen LogP contribution >= 0.6 is 11.6 Å². The number of rotatable bonds is 5. The number of aliphatic hydroxyl groups is 1. The minimum Gasteiger partial charge on any atom is -0.496 e. The van der Waals surface area contributed by atoms with E-state index in [0.717, 1.165) is 5.82 Å². The standard InChI is InChI=1S/C14H17ClN2O2/c1-17-8-7-16-14(17)6-4-12(18)11-9-10(15)3-5-13(11)19-2/h3,5,7-9,12,18H,4,6H2,1-2H3. The topological polar surface area (TPSA) is 47.3 Å². The minimum atomic E-state index is -0.620. The number of imidazole rings is 1. The first kappa shape index (κ1) is 13.9. The molecule has 2 aromatic rings. The van der Waals surface area contributed by atoms with Crippen LogP contribution in [0.4, 0.5) is 0 Å². The van der Waals surface area contributed by atoms with Gasteiger partial charge in [-0.3, -0.25) is 0 Å². The van der Waals surface area contributed by atoms with Crippen molar-refractivity contribution < 1.29 is 9.84 Å². The lowest BCUT2D eigenvalue weighted by Crippen LogP contribution is -2.05. The smallest absolute Gasteiger partial charge is 0.124 e. The number of aryl methyl sites for hydroxylation is 2. The summed E-state index contributed by atoms with van der Waals surface area (Å²) in [4.78, 5) is 4.24. The zero-order valence-electron chi connectivity index (χ0n) is 11.0. The predicted octanol–water partition coefficient (Wildman–Crippen LogP) is 2.75. The fourth-order valence-electron chi connectivity index (χ4n) is 2.02. The van der Waals surface area contributed by atoms with Gasteiger partial charge in [-0.1, -0.05) is 11.6 Å². The van der Waals surface area contributed by atoms with E-state index in [0.29, 0.717) is 29.2 Å². The van der Waals surface area contributed by atoms with Crippen molar-refractivity contribution in [1.82, 2.24) is 9.55 Å². The Kier molecular flexibility index (Phi) is 4.45. The fourth-order valence-corrected chi connectivity index (χ4v) is 2.20. The van der Waals surface area contributed by atoms with E-state index in [1.165, 1.54) is 0 Å². The highest BCUT2D eigenvalue weighted by molar-refractivity contribution is 6.30. The molecule has 1 aromatic carbocycles. The maximum absolute atomic E-state index is 10.3. The van der Waals surface area contributed by atoms with Gasteiger partial charge in [-0.2, -0.15) is 0 Å². The van der Waals surface area contributed by atoms with E-state index in [9.17, 15) is 5.11 Å². The number of nitrogens with zero attached hydrogens (tertiary/aromatic N) is 2. The van der Waals surface area contributed by atoms with E-state index in [-0.39, 0.29) is 0 Å². The quantitative estimate of drug-likeness (QED) is 0.916. The Morgan fingerprint density at radius 2 is 2.26 bits per heavy atom. The fraction of sp³-hybridized carbons (Fsp3) is 0.357. The van der Waals surface area contributed by atoms with E-state index in [4.69, 9.17) is 16.3 Å². The van der Waals surface area contributed by atoms with Crippen molar-refractivity contribution in [2.75, 3.05) is 7.11 Å². The van der Waals surface area contributed by atoms with E-state index in [1.54, 1.807) is 31.5 Å². The second kappa shape index (κ2) is 6.08. The molecule has 4 nitrogen and oxygen atoms in total. The van der Waals surface area contributed by atoms with Crippen LogP contribution in [0.15, 0.2) is 30.6 Å². The van der Waals surface area contributed by atoms with Gasteiger partial charge in [0.25, 0.3) is 0 Å². The third-order valence-corrected chi connectivity index (χ3v) is 3.35. The summed E-state index contributed by atoms with van der Waals surface area (Å²) >= 11 is 5.96. The predicted molar refractivity (Wildman–Crippen MR) is 74.5 cm³/mol. The number of ether oxygens (including phenoxy) is 1. The van der Waals surface area contributed by atoms with Gasteiger partial charge in [0.1, 0.15) is 11.6 Å². The second-order valence-electron chi connectivity index (χ2n) is 4.40. The number of hydrogen-bond acceptors (Lipinski definition) is 3. The van der Waals surface area contributed by atoms with E-state index < -0.39 is 6.10 Å². The van der Waals surface area contributed by atoms with Crippen LogP contribution in [-0.4, -0.2) is 21.8 Å².